The zero-order valence-electron chi connectivity index (χ0n) is 10.6. The number of hydrogen-bond acceptors (Lipinski definition) is 3. The number of carbonyl (C=O) groups excluding carboxylic acids is 1. The lowest BCUT2D eigenvalue weighted by molar-refractivity contribution is 0.0963. The van der Waals surface area contributed by atoms with E-state index in [-0.39, 0.29) is 11.7 Å². The number of ether oxygens (including phenoxy) is 1. The Hall–Kier alpha value is -2.08. The van der Waals surface area contributed by atoms with Crippen LogP contribution in [-0.2, 0) is 0 Å². The summed E-state index contributed by atoms with van der Waals surface area (Å²) in [6.07, 6.45) is 0. The van der Waals surface area contributed by atoms with Crippen LogP contribution < -0.4 is 15.8 Å². The minimum Gasteiger partial charge on any atom is -0.455 e. The van der Waals surface area contributed by atoms with Crippen molar-refractivity contribution in [2.45, 2.75) is 0 Å². The maximum Gasteiger partial charge on any atom is 0.251 e. The van der Waals surface area contributed by atoms with Crippen molar-refractivity contribution in [3.8, 4) is 11.5 Å². The summed E-state index contributed by atoms with van der Waals surface area (Å²) in [5.41, 5.74) is 6.56. The van der Waals surface area contributed by atoms with Crippen LogP contribution in [0.2, 0.25) is 0 Å². The molecule has 0 aromatic heterocycles. The molecular formula is C14H12BrFN2O2. The van der Waals surface area contributed by atoms with Gasteiger partial charge in [0.2, 0.25) is 0 Å². The van der Waals surface area contributed by atoms with Crippen LogP contribution in [-0.4, -0.2) is 13.0 Å². The molecule has 104 valence electrons. The first kappa shape index (κ1) is 14.3. The molecule has 0 atom stereocenters. The van der Waals surface area contributed by atoms with Gasteiger partial charge in [0.05, 0.1) is 5.69 Å². The normalized spacial score (nSPS) is 10.2. The predicted octanol–water partition coefficient (Wildman–Crippen LogP) is 3.32. The van der Waals surface area contributed by atoms with Crippen molar-refractivity contribution < 1.29 is 13.9 Å². The zero-order valence-corrected chi connectivity index (χ0v) is 12.2. The summed E-state index contributed by atoms with van der Waals surface area (Å²) in [5, 5.41) is 2.51. The molecular weight excluding hydrogens is 327 g/mol. The summed E-state index contributed by atoms with van der Waals surface area (Å²) in [7, 11) is 1.53. The van der Waals surface area contributed by atoms with Gasteiger partial charge in [-0.3, -0.25) is 4.79 Å². The molecule has 4 nitrogen and oxygen atoms in total. The van der Waals surface area contributed by atoms with Crippen LogP contribution in [0.5, 0.6) is 11.5 Å². The summed E-state index contributed by atoms with van der Waals surface area (Å²) >= 11 is 3.18. The first-order chi connectivity index (χ1) is 9.49. The summed E-state index contributed by atoms with van der Waals surface area (Å²) in [6.45, 7) is 0. The van der Waals surface area contributed by atoms with Crippen molar-refractivity contribution in [3.05, 3.63) is 52.3 Å². The number of hydrogen-bond donors (Lipinski definition) is 2. The van der Waals surface area contributed by atoms with Crippen LogP contribution >= 0.6 is 15.9 Å². The number of halogens is 2. The SMILES string of the molecule is CNC(=O)c1ccc(N)c(Oc2cc(F)cc(Br)c2)c1. The third-order valence-electron chi connectivity index (χ3n) is 2.57. The van der Waals surface area contributed by atoms with E-state index in [0.29, 0.717) is 21.5 Å². The molecule has 0 fully saturated rings. The van der Waals surface area contributed by atoms with Gasteiger partial charge in [-0.2, -0.15) is 0 Å². The predicted molar refractivity (Wildman–Crippen MR) is 78.4 cm³/mol. The van der Waals surface area contributed by atoms with E-state index in [4.69, 9.17) is 10.5 Å². The van der Waals surface area contributed by atoms with Crippen molar-refractivity contribution in [1.82, 2.24) is 5.32 Å². The third kappa shape index (κ3) is 3.27. The molecule has 0 unspecified atom stereocenters. The molecule has 0 aliphatic rings. The van der Waals surface area contributed by atoms with Gasteiger partial charge in [-0.25, -0.2) is 4.39 Å². The zero-order chi connectivity index (χ0) is 14.7. The van der Waals surface area contributed by atoms with Crippen LogP contribution in [0.15, 0.2) is 40.9 Å². The maximum absolute atomic E-state index is 13.3. The fourth-order valence-corrected chi connectivity index (χ4v) is 2.07. The monoisotopic (exact) mass is 338 g/mol. The quantitative estimate of drug-likeness (QED) is 0.843. The Morgan fingerprint density at radius 2 is 2.05 bits per heavy atom. The molecule has 0 bridgehead atoms. The molecule has 0 saturated heterocycles. The molecule has 2 aromatic rings. The van der Waals surface area contributed by atoms with E-state index in [1.54, 1.807) is 18.2 Å². The highest BCUT2D eigenvalue weighted by atomic mass is 79.9. The Bertz CT molecular complexity index is 641. The molecule has 0 saturated carbocycles. The Morgan fingerprint density at radius 1 is 1.30 bits per heavy atom. The third-order valence-corrected chi connectivity index (χ3v) is 3.02. The molecule has 0 spiro atoms. The van der Waals surface area contributed by atoms with Crippen molar-refractivity contribution in [3.63, 3.8) is 0 Å². The Morgan fingerprint density at radius 3 is 2.70 bits per heavy atom. The minimum atomic E-state index is -0.435. The van der Waals surface area contributed by atoms with Gasteiger partial charge in [0.1, 0.15) is 11.6 Å². The molecule has 3 N–H and O–H groups in total. The Balaban J connectivity index is 2.34. The van der Waals surface area contributed by atoms with E-state index in [2.05, 4.69) is 21.2 Å². The van der Waals surface area contributed by atoms with Gasteiger partial charge in [0.15, 0.2) is 5.75 Å². The number of rotatable bonds is 3. The number of nitrogens with two attached hydrogens (primary N) is 1. The lowest BCUT2D eigenvalue weighted by Gasteiger charge is -2.10. The summed E-state index contributed by atoms with van der Waals surface area (Å²) < 4.78 is 19.4. The maximum atomic E-state index is 13.3. The average molecular weight is 339 g/mol. The lowest BCUT2D eigenvalue weighted by atomic mass is 10.2. The lowest BCUT2D eigenvalue weighted by Crippen LogP contribution is -2.17. The van der Waals surface area contributed by atoms with Crippen molar-refractivity contribution >= 4 is 27.5 Å². The van der Waals surface area contributed by atoms with E-state index >= 15 is 0 Å². The number of nitrogen functional groups attached to an aromatic ring is 1. The van der Waals surface area contributed by atoms with E-state index < -0.39 is 5.82 Å². The second kappa shape index (κ2) is 5.92. The molecule has 0 aliphatic heterocycles. The van der Waals surface area contributed by atoms with Crippen LogP contribution in [0.3, 0.4) is 0 Å². The first-order valence-electron chi connectivity index (χ1n) is 5.75. The van der Waals surface area contributed by atoms with Gasteiger partial charge in [-0.15, -0.1) is 0 Å². The van der Waals surface area contributed by atoms with E-state index in [9.17, 15) is 9.18 Å². The number of anilines is 1. The number of amides is 1. The number of nitrogens with one attached hydrogen (secondary N) is 1. The summed E-state index contributed by atoms with van der Waals surface area (Å²) in [6, 6.07) is 8.81. The second-order valence-corrected chi connectivity index (χ2v) is 4.95. The number of benzene rings is 2. The fourth-order valence-electron chi connectivity index (χ4n) is 1.62. The van der Waals surface area contributed by atoms with Gasteiger partial charge in [0.25, 0.3) is 5.91 Å². The molecule has 2 rings (SSSR count). The van der Waals surface area contributed by atoms with Crippen LogP contribution in [0.1, 0.15) is 10.4 Å². The van der Waals surface area contributed by atoms with Gasteiger partial charge in [-0.1, -0.05) is 15.9 Å². The standard InChI is InChI=1S/C14H12BrFN2O2/c1-18-14(19)8-2-3-12(17)13(4-8)20-11-6-9(15)5-10(16)7-11/h2-7H,17H2,1H3,(H,18,19). The average Bonchev–Trinajstić information content (AvgIpc) is 2.39. The highest BCUT2D eigenvalue weighted by Gasteiger charge is 2.09. The van der Waals surface area contributed by atoms with E-state index in [1.165, 1.54) is 25.2 Å². The molecule has 2 aromatic carbocycles. The molecule has 0 radical (unpaired) electrons. The van der Waals surface area contributed by atoms with Gasteiger partial charge < -0.3 is 15.8 Å². The molecule has 0 heterocycles. The van der Waals surface area contributed by atoms with Crippen LogP contribution in [0.4, 0.5) is 10.1 Å². The minimum absolute atomic E-state index is 0.254. The highest BCUT2D eigenvalue weighted by Crippen LogP contribution is 2.30. The Kier molecular flexibility index (Phi) is 4.24. The Labute approximate surface area is 123 Å². The van der Waals surface area contributed by atoms with Gasteiger partial charge in [-0.05, 0) is 30.3 Å². The second-order valence-electron chi connectivity index (χ2n) is 4.04. The summed E-state index contributed by atoms with van der Waals surface area (Å²) in [4.78, 5) is 11.6. The van der Waals surface area contributed by atoms with Gasteiger partial charge >= 0.3 is 0 Å². The number of carbonyl (C=O) groups is 1. The fraction of sp³-hybridized carbons (Fsp3) is 0.0714. The highest BCUT2D eigenvalue weighted by molar-refractivity contribution is 9.10. The summed E-state index contributed by atoms with van der Waals surface area (Å²) in [5.74, 6) is -0.105. The van der Waals surface area contributed by atoms with Crippen LogP contribution in [0, 0.1) is 5.82 Å². The van der Waals surface area contributed by atoms with Crippen LogP contribution in [0.25, 0.3) is 0 Å². The van der Waals surface area contributed by atoms with Crippen molar-refractivity contribution in [1.29, 1.82) is 0 Å². The smallest absolute Gasteiger partial charge is 0.251 e. The van der Waals surface area contributed by atoms with Crippen molar-refractivity contribution in [2.24, 2.45) is 0 Å². The van der Waals surface area contributed by atoms with E-state index in [1.807, 2.05) is 0 Å². The molecule has 6 heteroatoms. The van der Waals surface area contributed by atoms with E-state index in [0.717, 1.165) is 0 Å². The molecule has 1 amide bonds. The largest absolute Gasteiger partial charge is 0.455 e. The molecule has 0 aliphatic carbocycles. The van der Waals surface area contributed by atoms with Gasteiger partial charge in [0, 0.05) is 23.2 Å². The topological polar surface area (TPSA) is 64.4 Å². The van der Waals surface area contributed by atoms with Crippen molar-refractivity contribution in [2.75, 3.05) is 12.8 Å². The molecule has 20 heavy (non-hydrogen) atoms. The first-order valence-corrected chi connectivity index (χ1v) is 6.54.